The SMILES string of the molecule is C=C(C)C(=O)OCCC[Si](OC)C(OC)OC. The third kappa shape index (κ3) is 6.57. The number of rotatable bonds is 9. The summed E-state index contributed by atoms with van der Waals surface area (Å²) in [6.45, 7) is 5.50. The molecule has 0 rings (SSSR count). The molecule has 0 N–H and O–H groups in total. The lowest BCUT2D eigenvalue weighted by Gasteiger charge is -2.20. The van der Waals surface area contributed by atoms with Crippen LogP contribution in [0.1, 0.15) is 13.3 Å². The second-order valence-corrected chi connectivity index (χ2v) is 5.81. The molecule has 0 saturated heterocycles. The standard InChI is InChI=1S/C11H21O5Si/c1-9(2)10(12)16-7-6-8-17(15-5)11(13-3)14-4/h11H,1,6-8H2,2-5H3. The van der Waals surface area contributed by atoms with Gasteiger partial charge in [0.2, 0.25) is 0 Å². The highest BCUT2D eigenvalue weighted by Gasteiger charge is 2.24. The fourth-order valence-corrected chi connectivity index (χ4v) is 2.86. The summed E-state index contributed by atoms with van der Waals surface area (Å²) in [4.78, 5) is 11.1. The van der Waals surface area contributed by atoms with Crippen molar-refractivity contribution < 1.29 is 23.4 Å². The molecule has 0 aliphatic carbocycles. The minimum atomic E-state index is -1.20. The molecule has 0 aliphatic rings. The average Bonchev–Trinajstić information content (AvgIpc) is 2.32. The third-order valence-electron chi connectivity index (χ3n) is 2.10. The molecule has 0 aliphatic heterocycles. The molecule has 5 nitrogen and oxygen atoms in total. The summed E-state index contributed by atoms with van der Waals surface area (Å²) in [5.41, 5.74) is 0.411. The van der Waals surface area contributed by atoms with Gasteiger partial charge in [0.15, 0.2) is 5.91 Å². The van der Waals surface area contributed by atoms with Gasteiger partial charge in [0.25, 0.3) is 9.04 Å². The lowest BCUT2D eigenvalue weighted by molar-refractivity contribution is -0.138. The predicted molar refractivity (Wildman–Crippen MR) is 65.8 cm³/mol. The van der Waals surface area contributed by atoms with E-state index in [0.29, 0.717) is 12.2 Å². The summed E-state index contributed by atoms with van der Waals surface area (Å²) in [6, 6.07) is 0.789. The number of hydrogen-bond acceptors (Lipinski definition) is 5. The number of hydrogen-bond donors (Lipinski definition) is 0. The van der Waals surface area contributed by atoms with E-state index in [2.05, 4.69) is 6.58 Å². The highest BCUT2D eigenvalue weighted by Crippen LogP contribution is 2.08. The van der Waals surface area contributed by atoms with Gasteiger partial charge in [-0.25, -0.2) is 4.79 Å². The molecule has 0 aromatic carbocycles. The highest BCUT2D eigenvalue weighted by atomic mass is 28.3. The topological polar surface area (TPSA) is 54.0 Å². The van der Waals surface area contributed by atoms with Crippen LogP contribution in [0, 0.1) is 0 Å². The Labute approximate surface area is 104 Å². The zero-order valence-corrected chi connectivity index (χ0v) is 11.9. The van der Waals surface area contributed by atoms with Crippen LogP contribution in [0.15, 0.2) is 12.2 Å². The first-order valence-corrected chi connectivity index (χ1v) is 7.04. The number of carbonyl (C=O) groups excluding carboxylic acids is 1. The van der Waals surface area contributed by atoms with E-state index in [-0.39, 0.29) is 11.9 Å². The van der Waals surface area contributed by atoms with Crippen molar-refractivity contribution >= 4 is 15.0 Å². The molecular weight excluding hydrogens is 240 g/mol. The van der Waals surface area contributed by atoms with Gasteiger partial charge in [0.05, 0.1) is 6.61 Å². The molecule has 0 bridgehead atoms. The average molecular weight is 261 g/mol. The quantitative estimate of drug-likeness (QED) is 0.206. The molecule has 99 valence electrons. The first kappa shape index (κ1) is 16.3. The van der Waals surface area contributed by atoms with E-state index < -0.39 is 9.04 Å². The van der Waals surface area contributed by atoms with Crippen molar-refractivity contribution in [1.82, 2.24) is 0 Å². The molecule has 0 aromatic rings. The highest BCUT2D eigenvalue weighted by molar-refractivity contribution is 6.52. The van der Waals surface area contributed by atoms with Crippen LogP contribution < -0.4 is 0 Å². The molecular formula is C11H21O5Si. The van der Waals surface area contributed by atoms with E-state index in [1.54, 1.807) is 28.3 Å². The van der Waals surface area contributed by atoms with Crippen molar-refractivity contribution in [2.24, 2.45) is 0 Å². The van der Waals surface area contributed by atoms with Crippen molar-refractivity contribution in [2.45, 2.75) is 25.3 Å². The fourth-order valence-electron chi connectivity index (χ4n) is 1.21. The van der Waals surface area contributed by atoms with Gasteiger partial charge in [-0.3, -0.25) is 0 Å². The minimum Gasteiger partial charge on any atom is -0.462 e. The first-order chi connectivity index (χ1) is 8.06. The van der Waals surface area contributed by atoms with Crippen LogP contribution >= 0.6 is 0 Å². The fraction of sp³-hybridized carbons (Fsp3) is 0.727. The van der Waals surface area contributed by atoms with Crippen LogP contribution in [-0.4, -0.2) is 48.9 Å². The van der Waals surface area contributed by atoms with Gasteiger partial charge >= 0.3 is 5.97 Å². The molecule has 0 unspecified atom stereocenters. The maximum absolute atomic E-state index is 11.1. The van der Waals surface area contributed by atoms with Crippen molar-refractivity contribution in [3.8, 4) is 0 Å². The Kier molecular flexibility index (Phi) is 8.97. The predicted octanol–water partition coefficient (Wildman–Crippen LogP) is 1.29. The van der Waals surface area contributed by atoms with E-state index >= 15 is 0 Å². The van der Waals surface area contributed by atoms with Crippen LogP contribution in [0.5, 0.6) is 0 Å². The maximum atomic E-state index is 11.1. The van der Waals surface area contributed by atoms with Crippen molar-refractivity contribution in [2.75, 3.05) is 27.9 Å². The minimum absolute atomic E-state index is 0.304. The Bertz CT molecular complexity index is 240. The molecule has 6 heteroatoms. The third-order valence-corrected chi connectivity index (χ3v) is 4.47. The molecule has 17 heavy (non-hydrogen) atoms. The Morgan fingerprint density at radius 1 is 1.29 bits per heavy atom. The second-order valence-electron chi connectivity index (χ2n) is 3.49. The van der Waals surface area contributed by atoms with Crippen LogP contribution in [0.3, 0.4) is 0 Å². The smallest absolute Gasteiger partial charge is 0.333 e. The van der Waals surface area contributed by atoms with Crippen LogP contribution in [0.25, 0.3) is 0 Å². The molecule has 0 amide bonds. The van der Waals surface area contributed by atoms with E-state index in [9.17, 15) is 4.79 Å². The monoisotopic (exact) mass is 261 g/mol. The summed E-state index contributed by atoms with van der Waals surface area (Å²) >= 11 is 0. The Morgan fingerprint density at radius 2 is 1.88 bits per heavy atom. The Morgan fingerprint density at radius 3 is 2.29 bits per heavy atom. The summed E-state index contributed by atoms with van der Waals surface area (Å²) < 4.78 is 20.6. The van der Waals surface area contributed by atoms with Gasteiger partial charge in [-0.05, 0) is 19.4 Å². The number of methoxy groups -OCH3 is 2. The Hall–Kier alpha value is -0.693. The normalized spacial score (nSPS) is 10.9. The largest absolute Gasteiger partial charge is 0.462 e. The molecule has 0 fully saturated rings. The van der Waals surface area contributed by atoms with Crippen LogP contribution in [0.2, 0.25) is 6.04 Å². The van der Waals surface area contributed by atoms with Gasteiger partial charge in [-0.2, -0.15) is 0 Å². The molecule has 0 heterocycles. The summed E-state index contributed by atoms with van der Waals surface area (Å²) in [7, 11) is 3.60. The van der Waals surface area contributed by atoms with Gasteiger partial charge < -0.3 is 18.6 Å². The van der Waals surface area contributed by atoms with Crippen molar-refractivity contribution in [3.05, 3.63) is 12.2 Å². The van der Waals surface area contributed by atoms with E-state index in [1.807, 2.05) is 0 Å². The van der Waals surface area contributed by atoms with Gasteiger partial charge in [-0.1, -0.05) is 6.58 Å². The van der Waals surface area contributed by atoms with Gasteiger partial charge in [-0.15, -0.1) is 0 Å². The zero-order valence-electron chi connectivity index (χ0n) is 10.9. The van der Waals surface area contributed by atoms with E-state index in [1.165, 1.54) is 0 Å². The van der Waals surface area contributed by atoms with Crippen molar-refractivity contribution in [3.63, 3.8) is 0 Å². The van der Waals surface area contributed by atoms with Crippen LogP contribution in [-0.2, 0) is 23.4 Å². The molecule has 0 aromatic heterocycles. The van der Waals surface area contributed by atoms with Gasteiger partial charge in [0.1, 0.15) is 0 Å². The van der Waals surface area contributed by atoms with E-state index in [0.717, 1.165) is 12.5 Å². The van der Waals surface area contributed by atoms with Crippen molar-refractivity contribution in [1.29, 1.82) is 0 Å². The Balaban J connectivity index is 3.84. The summed E-state index contributed by atoms with van der Waals surface area (Å²) in [5, 5.41) is 0. The lowest BCUT2D eigenvalue weighted by atomic mass is 10.4. The van der Waals surface area contributed by atoms with Crippen LogP contribution in [0.4, 0.5) is 0 Å². The molecule has 0 spiro atoms. The summed E-state index contributed by atoms with van der Waals surface area (Å²) in [5.74, 6) is -0.659. The summed E-state index contributed by atoms with van der Waals surface area (Å²) in [6.07, 6.45) is 0.727. The van der Waals surface area contributed by atoms with E-state index in [4.69, 9.17) is 18.6 Å². The second kappa shape index (κ2) is 9.35. The molecule has 0 atom stereocenters. The van der Waals surface area contributed by atoms with Gasteiger partial charge in [0, 0.05) is 26.9 Å². The number of esters is 1. The molecule has 0 saturated carbocycles. The number of ether oxygens (including phenoxy) is 3. The lowest BCUT2D eigenvalue weighted by Crippen LogP contribution is -2.36. The zero-order chi connectivity index (χ0) is 13.3. The number of carbonyl (C=O) groups is 1. The maximum Gasteiger partial charge on any atom is 0.333 e. The molecule has 1 radical (unpaired) electrons. The first-order valence-electron chi connectivity index (χ1n) is 5.34.